The summed E-state index contributed by atoms with van der Waals surface area (Å²) in [7, 11) is 1.51. The lowest BCUT2D eigenvalue weighted by Gasteiger charge is -2.44. The van der Waals surface area contributed by atoms with Crippen LogP contribution in [0.15, 0.2) is 24.3 Å². The van der Waals surface area contributed by atoms with E-state index < -0.39 is 23.3 Å². The van der Waals surface area contributed by atoms with Crippen LogP contribution in [0.2, 0.25) is 0 Å². The molecule has 6 atom stereocenters. The first kappa shape index (κ1) is 32.7. The summed E-state index contributed by atoms with van der Waals surface area (Å²) in [5.74, 6) is 2.13. The third kappa shape index (κ3) is 5.30. The van der Waals surface area contributed by atoms with Crippen LogP contribution in [0.3, 0.4) is 0 Å². The van der Waals surface area contributed by atoms with E-state index in [9.17, 15) is 4.39 Å². The van der Waals surface area contributed by atoms with Crippen molar-refractivity contribution in [3.63, 3.8) is 0 Å². The van der Waals surface area contributed by atoms with E-state index in [-0.39, 0.29) is 53.7 Å². The molecule has 4 saturated heterocycles. The Bertz CT molecular complexity index is 2090. The molecule has 2 aromatic heterocycles. The number of anilines is 1. The lowest BCUT2D eigenvalue weighted by atomic mass is 9.88. The number of hydrogen-bond acceptors (Lipinski definition) is 9. The number of terminal acetylenes is 1. The maximum absolute atomic E-state index is 17.6. The van der Waals surface area contributed by atoms with Crippen LogP contribution in [0.25, 0.3) is 32.9 Å². The van der Waals surface area contributed by atoms with Crippen molar-refractivity contribution in [1.29, 1.82) is 0 Å². The zero-order valence-corrected chi connectivity index (χ0v) is 28.9. The number of benzene rings is 2. The minimum atomic E-state index is -0.914. The molecule has 9 rings (SSSR count). The van der Waals surface area contributed by atoms with E-state index >= 15 is 8.78 Å². The van der Waals surface area contributed by atoms with Gasteiger partial charge in [0.25, 0.3) is 0 Å². The van der Waals surface area contributed by atoms with Gasteiger partial charge in [0.05, 0.1) is 22.2 Å². The monoisotopic (exact) mass is 698 g/mol. The normalized spacial score (nSPS) is 28.4. The lowest BCUT2D eigenvalue weighted by molar-refractivity contribution is 0.0512. The zero-order chi connectivity index (χ0) is 35.0. The van der Waals surface area contributed by atoms with Crippen LogP contribution in [-0.2, 0) is 4.74 Å². The predicted molar refractivity (Wildman–Crippen MR) is 188 cm³/mol. The number of hydrogen-bond donors (Lipinski definition) is 1. The van der Waals surface area contributed by atoms with Crippen molar-refractivity contribution in [3.8, 4) is 35.4 Å². The van der Waals surface area contributed by atoms with Gasteiger partial charge in [0.15, 0.2) is 12.6 Å². The maximum Gasteiger partial charge on any atom is 0.319 e. The molecule has 12 heteroatoms. The summed E-state index contributed by atoms with van der Waals surface area (Å²) in [4.78, 5) is 19.4. The van der Waals surface area contributed by atoms with Crippen molar-refractivity contribution in [1.82, 2.24) is 25.2 Å². The summed E-state index contributed by atoms with van der Waals surface area (Å²) in [6.07, 6.45) is 11.0. The SMILES string of the molecule is C#Cc1c(F)ccc2cc(OCOC)cc(-c3nc4c5c(nc(OC[C@@]67CCCN6C[C@H](F)C7)nc5c3F)N3C[C@H]5CC[C@H](N5)[C@H]3CC[C@H]4C)c12. The quantitative estimate of drug-likeness (QED) is 0.178. The Hall–Kier alpha value is -4.18. The number of piperazine rings is 1. The standard InChI is InChI=1S/C39H41F3N6O3/c1-4-26-28(41)9-7-22-14-25(51-20-49-3)15-27(31(22)26)35-33(42)36-32-34(44-35)21(2)6-11-30-29-10-8-24(43-29)18-48(30)37(32)46-38(45-36)50-19-39-12-5-13-47(39)17-23(40)16-39/h1,7,9,14-15,21,23-24,29-30,43H,5-6,8,10-13,16-20H2,2-3H3/t21-,23-,24-,29+,30-,39+/m1/s1. The molecular weight excluding hydrogens is 657 g/mol. The highest BCUT2D eigenvalue weighted by Gasteiger charge is 2.50. The van der Waals surface area contributed by atoms with E-state index in [1.807, 2.05) is 0 Å². The van der Waals surface area contributed by atoms with Gasteiger partial charge in [-0.3, -0.25) is 4.90 Å². The molecule has 0 radical (unpaired) electrons. The van der Waals surface area contributed by atoms with Gasteiger partial charge >= 0.3 is 6.01 Å². The van der Waals surface area contributed by atoms with Crippen LogP contribution in [0.5, 0.6) is 11.8 Å². The summed E-state index contributed by atoms with van der Waals surface area (Å²) in [5.41, 5.74) is 0.602. The largest absolute Gasteiger partial charge is 0.468 e. The number of alkyl halides is 1. The molecule has 0 amide bonds. The van der Waals surface area contributed by atoms with Crippen molar-refractivity contribution in [3.05, 3.63) is 47.2 Å². The molecule has 2 bridgehead atoms. The molecule has 4 aromatic rings. The van der Waals surface area contributed by atoms with Gasteiger partial charge < -0.3 is 24.4 Å². The van der Waals surface area contributed by atoms with Crippen LogP contribution < -0.4 is 19.7 Å². The van der Waals surface area contributed by atoms with Gasteiger partial charge in [0.2, 0.25) is 0 Å². The number of ether oxygens (including phenoxy) is 3. The summed E-state index contributed by atoms with van der Waals surface area (Å²) in [5, 5.41) is 5.28. The number of methoxy groups -OCH3 is 1. The van der Waals surface area contributed by atoms with Crippen LogP contribution in [0.4, 0.5) is 19.0 Å². The molecule has 1 N–H and O–H groups in total. The molecule has 0 unspecified atom stereocenters. The molecule has 4 fully saturated rings. The first-order valence-corrected chi connectivity index (χ1v) is 18.1. The topological polar surface area (TPSA) is 84.9 Å². The average molecular weight is 699 g/mol. The summed E-state index contributed by atoms with van der Waals surface area (Å²) in [6, 6.07) is 7.06. The molecule has 51 heavy (non-hydrogen) atoms. The molecule has 0 saturated carbocycles. The Balaban J connectivity index is 1.27. The van der Waals surface area contributed by atoms with Crippen LogP contribution in [0.1, 0.15) is 69.0 Å². The van der Waals surface area contributed by atoms with Crippen molar-refractivity contribution in [2.24, 2.45) is 0 Å². The van der Waals surface area contributed by atoms with E-state index in [0.29, 0.717) is 58.5 Å². The number of nitrogens with zero attached hydrogens (tertiary/aromatic N) is 5. The van der Waals surface area contributed by atoms with Gasteiger partial charge in [-0.15, -0.1) is 6.42 Å². The minimum Gasteiger partial charge on any atom is -0.468 e. The number of nitrogens with one attached hydrogen (secondary N) is 1. The Morgan fingerprint density at radius 1 is 1.06 bits per heavy atom. The maximum atomic E-state index is 17.6. The number of aromatic nitrogens is 3. The van der Waals surface area contributed by atoms with E-state index in [0.717, 1.165) is 51.6 Å². The second-order valence-corrected chi connectivity index (χ2v) is 15.0. The summed E-state index contributed by atoms with van der Waals surface area (Å²) < 4.78 is 64.9. The minimum absolute atomic E-state index is 0.00689. The molecule has 7 heterocycles. The average Bonchev–Trinajstić information content (AvgIpc) is 3.80. The summed E-state index contributed by atoms with van der Waals surface area (Å²) in [6.45, 7) is 4.21. The second kappa shape index (κ2) is 12.5. The van der Waals surface area contributed by atoms with Gasteiger partial charge in [0.1, 0.15) is 41.4 Å². The highest BCUT2D eigenvalue weighted by atomic mass is 19.1. The Labute approximate surface area is 294 Å². The van der Waals surface area contributed by atoms with Gasteiger partial charge in [0, 0.05) is 55.7 Å². The molecule has 9 nitrogen and oxygen atoms in total. The molecule has 0 spiro atoms. The molecule has 266 valence electrons. The van der Waals surface area contributed by atoms with Gasteiger partial charge in [-0.25, -0.2) is 18.2 Å². The van der Waals surface area contributed by atoms with Crippen LogP contribution in [0, 0.1) is 24.0 Å². The van der Waals surface area contributed by atoms with Crippen LogP contribution in [-0.4, -0.2) is 89.8 Å². The fourth-order valence-corrected chi connectivity index (χ4v) is 9.61. The summed E-state index contributed by atoms with van der Waals surface area (Å²) >= 11 is 0. The van der Waals surface area contributed by atoms with Crippen LogP contribution >= 0.6 is 0 Å². The molecule has 5 aliphatic rings. The number of rotatable bonds is 7. The van der Waals surface area contributed by atoms with Crippen molar-refractivity contribution >= 4 is 27.5 Å². The first-order chi connectivity index (χ1) is 24.8. The fraction of sp³-hybridized carbons (Fsp3) is 0.513. The van der Waals surface area contributed by atoms with Crippen molar-refractivity contribution < 1.29 is 27.4 Å². The third-order valence-electron chi connectivity index (χ3n) is 12.0. The number of fused-ring (bicyclic) bond motifs is 7. The van der Waals surface area contributed by atoms with Gasteiger partial charge in [-0.2, -0.15) is 9.97 Å². The van der Waals surface area contributed by atoms with E-state index in [2.05, 4.69) is 28.0 Å². The van der Waals surface area contributed by atoms with Crippen molar-refractivity contribution in [2.45, 2.75) is 87.6 Å². The Kier molecular flexibility index (Phi) is 8.02. The van der Waals surface area contributed by atoms with Crippen molar-refractivity contribution in [2.75, 3.05) is 45.0 Å². The molecular formula is C39H41F3N6O3. The highest BCUT2D eigenvalue weighted by molar-refractivity contribution is 6.03. The molecule has 2 aromatic carbocycles. The molecule has 5 aliphatic heterocycles. The van der Waals surface area contributed by atoms with E-state index in [1.165, 1.54) is 13.2 Å². The Morgan fingerprint density at radius 2 is 1.94 bits per heavy atom. The number of pyridine rings is 1. The smallest absolute Gasteiger partial charge is 0.319 e. The number of halogens is 3. The first-order valence-electron chi connectivity index (χ1n) is 18.1. The Morgan fingerprint density at radius 3 is 2.78 bits per heavy atom. The van der Waals surface area contributed by atoms with Gasteiger partial charge in [-0.05, 0) is 74.6 Å². The third-order valence-corrected chi connectivity index (χ3v) is 12.0. The second-order valence-electron chi connectivity index (χ2n) is 15.0. The lowest BCUT2D eigenvalue weighted by Crippen LogP contribution is -2.58. The van der Waals surface area contributed by atoms with Gasteiger partial charge in [-0.1, -0.05) is 18.9 Å². The fourth-order valence-electron chi connectivity index (χ4n) is 9.61. The predicted octanol–water partition coefficient (Wildman–Crippen LogP) is 6.25. The molecule has 0 aliphatic carbocycles. The van der Waals surface area contributed by atoms with E-state index in [4.69, 9.17) is 35.6 Å². The highest BCUT2D eigenvalue weighted by Crippen LogP contribution is 2.46. The van der Waals surface area contributed by atoms with E-state index in [1.54, 1.807) is 18.2 Å². The zero-order valence-electron chi connectivity index (χ0n) is 28.9.